The van der Waals surface area contributed by atoms with E-state index in [9.17, 15) is 0 Å². The van der Waals surface area contributed by atoms with E-state index in [0.29, 0.717) is 0 Å². The lowest BCUT2D eigenvalue weighted by Crippen LogP contribution is -2.12. The normalized spacial score (nSPS) is 12.7. The Labute approximate surface area is 88.8 Å². The van der Waals surface area contributed by atoms with Crippen molar-refractivity contribution >= 4 is 9.04 Å². The van der Waals surface area contributed by atoms with Crippen molar-refractivity contribution in [2.75, 3.05) is 6.61 Å². The van der Waals surface area contributed by atoms with Crippen LogP contribution < -0.4 is 0 Å². The van der Waals surface area contributed by atoms with Crippen molar-refractivity contribution < 1.29 is 4.43 Å². The summed E-state index contributed by atoms with van der Waals surface area (Å²) in [5.41, 5.74) is 1.45. The summed E-state index contributed by atoms with van der Waals surface area (Å²) in [7, 11) is -0.843. The van der Waals surface area contributed by atoms with E-state index in [1.165, 1.54) is 24.4 Å². The second-order valence-electron chi connectivity index (χ2n) is 3.64. The van der Waals surface area contributed by atoms with Gasteiger partial charge in [0.1, 0.15) is 0 Å². The molecular formula is C12H20OSi. The van der Waals surface area contributed by atoms with Crippen molar-refractivity contribution in [3.8, 4) is 0 Å². The highest BCUT2D eigenvalue weighted by molar-refractivity contribution is 6.50. The van der Waals surface area contributed by atoms with Gasteiger partial charge in [0.2, 0.25) is 0 Å². The van der Waals surface area contributed by atoms with Gasteiger partial charge in [0.25, 0.3) is 0 Å². The first-order valence-electron chi connectivity index (χ1n) is 5.48. The topological polar surface area (TPSA) is 9.23 Å². The average Bonchev–Trinajstić information content (AvgIpc) is 2.20. The van der Waals surface area contributed by atoms with Crippen LogP contribution in [0, 0.1) is 0 Å². The first-order chi connectivity index (χ1) is 6.83. The van der Waals surface area contributed by atoms with E-state index in [1.54, 1.807) is 0 Å². The lowest BCUT2D eigenvalue weighted by atomic mass is 10.1. The molecule has 1 rings (SSSR count). The summed E-state index contributed by atoms with van der Waals surface area (Å²) in [6, 6.07) is 12.0. The largest absolute Gasteiger partial charge is 0.421 e. The first kappa shape index (κ1) is 11.5. The van der Waals surface area contributed by atoms with Crippen LogP contribution >= 0.6 is 0 Å². The third kappa shape index (κ3) is 4.58. The molecule has 0 fully saturated rings. The molecule has 14 heavy (non-hydrogen) atoms. The Hall–Kier alpha value is -0.603. The fraction of sp³-hybridized carbons (Fsp3) is 0.500. The Morgan fingerprint density at radius 1 is 1.21 bits per heavy atom. The van der Waals surface area contributed by atoms with Gasteiger partial charge in [0.15, 0.2) is 9.04 Å². The average molecular weight is 208 g/mol. The van der Waals surface area contributed by atoms with Crippen molar-refractivity contribution in [2.24, 2.45) is 0 Å². The van der Waals surface area contributed by atoms with Gasteiger partial charge >= 0.3 is 0 Å². The molecule has 0 aliphatic carbocycles. The van der Waals surface area contributed by atoms with E-state index >= 15 is 0 Å². The lowest BCUT2D eigenvalue weighted by Gasteiger charge is -2.09. The third-order valence-electron chi connectivity index (χ3n) is 2.37. The minimum absolute atomic E-state index is 0.843. The van der Waals surface area contributed by atoms with E-state index in [-0.39, 0.29) is 0 Å². The second-order valence-corrected chi connectivity index (χ2v) is 6.18. The molecule has 0 N–H and O–H groups in total. The molecule has 1 aromatic carbocycles. The third-order valence-corrected chi connectivity index (χ3v) is 4.49. The van der Waals surface area contributed by atoms with E-state index < -0.39 is 9.04 Å². The van der Waals surface area contributed by atoms with Crippen LogP contribution in [0.15, 0.2) is 30.3 Å². The molecule has 1 unspecified atom stereocenters. The zero-order chi connectivity index (χ0) is 10.2. The Morgan fingerprint density at radius 2 is 1.93 bits per heavy atom. The molecule has 0 amide bonds. The van der Waals surface area contributed by atoms with Crippen LogP contribution in [0.25, 0.3) is 0 Å². The van der Waals surface area contributed by atoms with Crippen molar-refractivity contribution in [3.05, 3.63) is 35.9 Å². The standard InChI is InChI=1S/C12H20OSi/c1-3-13-14(2)11-7-10-12-8-5-4-6-9-12/h4-6,8-9,14H,3,7,10-11H2,1-2H3. The maximum Gasteiger partial charge on any atom is 0.173 e. The summed E-state index contributed by atoms with van der Waals surface area (Å²) in [5.74, 6) is 0. The summed E-state index contributed by atoms with van der Waals surface area (Å²) in [4.78, 5) is 0. The highest BCUT2D eigenvalue weighted by atomic mass is 28.3. The van der Waals surface area contributed by atoms with Gasteiger partial charge in [0, 0.05) is 6.61 Å². The quantitative estimate of drug-likeness (QED) is 0.653. The van der Waals surface area contributed by atoms with Gasteiger partial charge in [-0.2, -0.15) is 0 Å². The molecule has 0 aromatic heterocycles. The van der Waals surface area contributed by atoms with Crippen LogP contribution in [-0.2, 0) is 10.8 Å². The predicted octanol–water partition coefficient (Wildman–Crippen LogP) is 3.01. The van der Waals surface area contributed by atoms with Crippen molar-refractivity contribution in [1.82, 2.24) is 0 Å². The van der Waals surface area contributed by atoms with Crippen LogP contribution in [0.4, 0.5) is 0 Å². The summed E-state index contributed by atoms with van der Waals surface area (Å²) in [6.45, 7) is 5.26. The van der Waals surface area contributed by atoms with E-state index in [2.05, 4.69) is 43.8 Å². The van der Waals surface area contributed by atoms with E-state index in [1.807, 2.05) is 0 Å². The molecule has 0 aliphatic rings. The Kier molecular flexibility index (Phi) is 5.57. The molecule has 1 nitrogen and oxygen atoms in total. The van der Waals surface area contributed by atoms with Gasteiger partial charge in [-0.05, 0) is 37.9 Å². The number of hydrogen-bond acceptors (Lipinski definition) is 1. The van der Waals surface area contributed by atoms with Gasteiger partial charge in [-0.15, -0.1) is 0 Å². The summed E-state index contributed by atoms with van der Waals surface area (Å²) in [6.07, 6.45) is 2.47. The van der Waals surface area contributed by atoms with Crippen molar-refractivity contribution in [2.45, 2.75) is 32.4 Å². The fourth-order valence-corrected chi connectivity index (χ4v) is 3.12. The van der Waals surface area contributed by atoms with Crippen LogP contribution in [0.3, 0.4) is 0 Å². The van der Waals surface area contributed by atoms with Crippen LogP contribution in [0.2, 0.25) is 12.6 Å². The van der Waals surface area contributed by atoms with Gasteiger partial charge in [-0.1, -0.05) is 30.3 Å². The molecule has 0 heterocycles. The van der Waals surface area contributed by atoms with Crippen LogP contribution in [0.1, 0.15) is 18.9 Å². The number of aryl methyl sites for hydroxylation is 1. The van der Waals surface area contributed by atoms with Gasteiger partial charge in [0.05, 0.1) is 0 Å². The van der Waals surface area contributed by atoms with Crippen molar-refractivity contribution in [3.63, 3.8) is 0 Å². The molecule has 0 saturated heterocycles. The van der Waals surface area contributed by atoms with Crippen molar-refractivity contribution in [1.29, 1.82) is 0 Å². The highest BCUT2D eigenvalue weighted by Crippen LogP contribution is 2.07. The monoisotopic (exact) mass is 208 g/mol. The zero-order valence-electron chi connectivity index (χ0n) is 9.20. The fourth-order valence-electron chi connectivity index (χ4n) is 1.61. The van der Waals surface area contributed by atoms with Gasteiger partial charge in [-0.25, -0.2) is 0 Å². The minimum atomic E-state index is -0.843. The van der Waals surface area contributed by atoms with Gasteiger partial charge in [-0.3, -0.25) is 0 Å². The molecule has 0 radical (unpaired) electrons. The molecule has 0 spiro atoms. The maximum atomic E-state index is 5.62. The Morgan fingerprint density at radius 3 is 2.57 bits per heavy atom. The van der Waals surface area contributed by atoms with Gasteiger partial charge < -0.3 is 4.43 Å². The molecule has 0 bridgehead atoms. The second kappa shape index (κ2) is 6.79. The Bertz CT molecular complexity index is 235. The number of rotatable bonds is 6. The molecule has 2 heteroatoms. The number of benzene rings is 1. The lowest BCUT2D eigenvalue weighted by molar-refractivity contribution is 0.345. The Balaban J connectivity index is 2.16. The first-order valence-corrected chi connectivity index (χ1v) is 7.92. The molecular weight excluding hydrogens is 188 g/mol. The minimum Gasteiger partial charge on any atom is -0.421 e. The SMILES string of the molecule is CCO[SiH](C)CCCc1ccccc1. The van der Waals surface area contributed by atoms with E-state index in [0.717, 1.165) is 6.61 Å². The zero-order valence-corrected chi connectivity index (χ0v) is 10.4. The molecule has 1 atom stereocenters. The smallest absolute Gasteiger partial charge is 0.173 e. The maximum absolute atomic E-state index is 5.62. The van der Waals surface area contributed by atoms with E-state index in [4.69, 9.17) is 4.43 Å². The predicted molar refractivity (Wildman–Crippen MR) is 64.2 cm³/mol. The van der Waals surface area contributed by atoms with Crippen LogP contribution in [-0.4, -0.2) is 15.6 Å². The summed E-state index contributed by atoms with van der Waals surface area (Å²) < 4.78 is 5.62. The molecule has 0 aliphatic heterocycles. The summed E-state index contributed by atoms with van der Waals surface area (Å²) in [5, 5.41) is 0. The summed E-state index contributed by atoms with van der Waals surface area (Å²) >= 11 is 0. The molecule has 78 valence electrons. The molecule has 0 saturated carbocycles. The number of hydrogen-bond donors (Lipinski definition) is 0. The molecule has 1 aromatic rings. The highest BCUT2D eigenvalue weighted by Gasteiger charge is 2.02. The van der Waals surface area contributed by atoms with Crippen LogP contribution in [0.5, 0.6) is 0 Å².